The van der Waals surface area contributed by atoms with E-state index in [-0.39, 0.29) is 6.17 Å². The monoisotopic (exact) mass is 740 g/mol. The first-order valence-corrected chi connectivity index (χ1v) is 20.1. The van der Waals surface area contributed by atoms with Crippen molar-refractivity contribution < 1.29 is 0 Å². The lowest BCUT2D eigenvalue weighted by Gasteiger charge is -2.21. The van der Waals surface area contributed by atoms with Crippen LogP contribution in [0.2, 0.25) is 0 Å². The zero-order chi connectivity index (χ0) is 38.6. The SMILES string of the molecule is NC(N/C(=C\Cc1ccc2c(c1)-c1cccc3cccc-2c13)c1ccc(-c2c3ccccc3c(-c3ccccc3)c3c2ccc2ccccc23)cc1)c1ccccc1. The molecule has 10 aromatic carbocycles. The van der Waals surface area contributed by atoms with Crippen molar-refractivity contribution in [3.8, 4) is 44.5 Å². The predicted octanol–water partition coefficient (Wildman–Crippen LogP) is 14.1. The number of benzene rings is 10. The molecule has 0 fully saturated rings. The summed E-state index contributed by atoms with van der Waals surface area (Å²) < 4.78 is 0. The highest BCUT2D eigenvalue weighted by Crippen LogP contribution is 2.48. The number of nitrogens with two attached hydrogens (primary N) is 1. The van der Waals surface area contributed by atoms with E-state index >= 15 is 0 Å². The molecule has 1 unspecified atom stereocenters. The van der Waals surface area contributed by atoms with E-state index < -0.39 is 0 Å². The highest BCUT2D eigenvalue weighted by atomic mass is 15.0. The summed E-state index contributed by atoms with van der Waals surface area (Å²) in [5.41, 5.74) is 21.5. The Bertz CT molecular complexity index is 3210. The summed E-state index contributed by atoms with van der Waals surface area (Å²) in [6, 6.07) is 72.6. The van der Waals surface area contributed by atoms with Crippen molar-refractivity contribution in [1.82, 2.24) is 5.32 Å². The van der Waals surface area contributed by atoms with Gasteiger partial charge in [0.05, 0.1) is 0 Å². The first-order chi connectivity index (χ1) is 28.7. The number of hydrogen-bond acceptors (Lipinski definition) is 2. The second kappa shape index (κ2) is 14.0. The van der Waals surface area contributed by atoms with Crippen molar-refractivity contribution in [3.05, 3.63) is 223 Å². The highest BCUT2D eigenvalue weighted by Gasteiger charge is 2.22. The van der Waals surface area contributed by atoms with Crippen LogP contribution >= 0.6 is 0 Å². The molecular weight excluding hydrogens is 701 g/mol. The van der Waals surface area contributed by atoms with Crippen molar-refractivity contribution in [3.63, 3.8) is 0 Å². The molecule has 0 radical (unpaired) electrons. The maximum absolute atomic E-state index is 6.87. The molecule has 0 saturated heterocycles. The summed E-state index contributed by atoms with van der Waals surface area (Å²) in [5.74, 6) is 0. The Labute approximate surface area is 338 Å². The minimum absolute atomic E-state index is 0.369. The third-order valence-corrected chi connectivity index (χ3v) is 12.0. The summed E-state index contributed by atoms with van der Waals surface area (Å²) in [7, 11) is 0. The van der Waals surface area contributed by atoms with E-state index in [9.17, 15) is 0 Å². The lowest BCUT2D eigenvalue weighted by molar-refractivity contribution is 0.666. The highest BCUT2D eigenvalue weighted by molar-refractivity contribution is 6.28. The Morgan fingerprint density at radius 1 is 0.448 bits per heavy atom. The van der Waals surface area contributed by atoms with Crippen LogP contribution in [0, 0.1) is 0 Å². The van der Waals surface area contributed by atoms with Gasteiger partial charge >= 0.3 is 0 Å². The quantitative estimate of drug-likeness (QED) is 0.0925. The number of fused-ring (bicyclic) bond motifs is 7. The molecule has 0 saturated carbocycles. The lowest BCUT2D eigenvalue weighted by atomic mass is 9.84. The van der Waals surface area contributed by atoms with Crippen molar-refractivity contribution in [2.45, 2.75) is 12.6 Å². The van der Waals surface area contributed by atoms with Gasteiger partial charge in [-0.3, -0.25) is 0 Å². The van der Waals surface area contributed by atoms with Crippen molar-refractivity contribution in [2.75, 3.05) is 0 Å². The molecule has 0 spiro atoms. The Morgan fingerprint density at radius 2 is 1.07 bits per heavy atom. The number of hydrogen-bond donors (Lipinski definition) is 2. The van der Waals surface area contributed by atoms with Crippen molar-refractivity contribution in [2.24, 2.45) is 5.73 Å². The van der Waals surface area contributed by atoms with E-state index in [1.165, 1.54) is 93.2 Å². The van der Waals surface area contributed by atoms with Gasteiger partial charge in [-0.25, -0.2) is 0 Å². The first kappa shape index (κ1) is 34.0. The Balaban J connectivity index is 1.03. The van der Waals surface area contributed by atoms with Gasteiger partial charge in [0.15, 0.2) is 0 Å². The van der Waals surface area contributed by atoms with Crippen LogP contribution in [0.3, 0.4) is 0 Å². The van der Waals surface area contributed by atoms with Gasteiger partial charge in [-0.05, 0) is 111 Å². The zero-order valence-corrected chi connectivity index (χ0v) is 32.0. The summed E-state index contributed by atoms with van der Waals surface area (Å²) in [6.07, 6.45) is 2.69. The molecule has 0 amide bonds. The minimum atomic E-state index is -0.369. The molecule has 1 aliphatic carbocycles. The molecule has 2 nitrogen and oxygen atoms in total. The summed E-state index contributed by atoms with van der Waals surface area (Å²) in [6.45, 7) is 0. The fraction of sp³-hybridized carbons (Fsp3) is 0.0357. The molecule has 1 atom stereocenters. The smallest absolute Gasteiger partial charge is 0.101 e. The maximum Gasteiger partial charge on any atom is 0.101 e. The van der Waals surface area contributed by atoms with E-state index in [0.29, 0.717) is 0 Å². The molecule has 0 heterocycles. The molecule has 58 heavy (non-hydrogen) atoms. The van der Waals surface area contributed by atoms with E-state index in [1.807, 2.05) is 18.2 Å². The average molecular weight is 741 g/mol. The van der Waals surface area contributed by atoms with Crippen LogP contribution in [0.4, 0.5) is 0 Å². The number of allylic oxidation sites excluding steroid dienone is 1. The van der Waals surface area contributed by atoms with E-state index in [2.05, 4.69) is 193 Å². The van der Waals surface area contributed by atoms with Crippen LogP contribution in [0.1, 0.15) is 22.9 Å². The van der Waals surface area contributed by atoms with Crippen LogP contribution < -0.4 is 11.1 Å². The number of rotatable bonds is 8. The molecule has 2 heteroatoms. The molecular formula is C56H40N2. The minimum Gasteiger partial charge on any atom is -0.366 e. The van der Waals surface area contributed by atoms with Gasteiger partial charge in [0.2, 0.25) is 0 Å². The van der Waals surface area contributed by atoms with Crippen LogP contribution in [-0.4, -0.2) is 0 Å². The molecule has 11 rings (SSSR count). The van der Waals surface area contributed by atoms with Crippen molar-refractivity contribution in [1.29, 1.82) is 0 Å². The zero-order valence-electron chi connectivity index (χ0n) is 32.0. The van der Waals surface area contributed by atoms with Crippen LogP contribution in [0.25, 0.3) is 93.3 Å². The fourth-order valence-electron chi connectivity index (χ4n) is 9.34. The Morgan fingerprint density at radius 3 is 1.83 bits per heavy atom. The van der Waals surface area contributed by atoms with Crippen molar-refractivity contribution >= 4 is 48.8 Å². The third kappa shape index (κ3) is 5.69. The average Bonchev–Trinajstić information content (AvgIpc) is 3.61. The van der Waals surface area contributed by atoms with E-state index in [0.717, 1.165) is 23.2 Å². The standard InChI is InChI=1S/C56H40N2/c57-56(42-16-5-2-6-17-42)58-51(34-26-36-25-32-44-45-23-11-18-39-19-12-24-48(52(39)45)50(44)35-36)38-27-29-41(30-28-38)53-46-21-9-10-22-47(46)54(40-14-3-1-4-15-40)55-43-20-8-7-13-37(43)31-33-49(53)55/h1-25,27-35,56,58H,26,57H2/b51-34-. The normalized spacial score (nSPS) is 12.7. The predicted molar refractivity (Wildman–Crippen MR) is 246 cm³/mol. The van der Waals surface area contributed by atoms with Gasteiger partial charge in [-0.1, -0.05) is 206 Å². The fourth-order valence-corrected chi connectivity index (χ4v) is 9.34. The molecule has 0 bridgehead atoms. The summed E-state index contributed by atoms with van der Waals surface area (Å²) in [4.78, 5) is 0. The number of nitrogens with one attached hydrogen (secondary N) is 1. The molecule has 10 aromatic rings. The van der Waals surface area contributed by atoms with Gasteiger partial charge in [0, 0.05) is 5.70 Å². The summed E-state index contributed by atoms with van der Waals surface area (Å²) in [5, 5.41) is 13.9. The molecule has 0 aliphatic heterocycles. The second-order valence-corrected chi connectivity index (χ2v) is 15.4. The maximum atomic E-state index is 6.87. The lowest BCUT2D eigenvalue weighted by Crippen LogP contribution is -2.27. The topological polar surface area (TPSA) is 38.0 Å². The van der Waals surface area contributed by atoms with Gasteiger partial charge in [0.25, 0.3) is 0 Å². The largest absolute Gasteiger partial charge is 0.366 e. The van der Waals surface area contributed by atoms with Gasteiger partial charge in [-0.15, -0.1) is 0 Å². The third-order valence-electron chi connectivity index (χ3n) is 12.0. The van der Waals surface area contributed by atoms with Crippen LogP contribution in [0.5, 0.6) is 0 Å². The Hall–Kier alpha value is -7.26. The van der Waals surface area contributed by atoms with Crippen LogP contribution in [-0.2, 0) is 6.42 Å². The van der Waals surface area contributed by atoms with E-state index in [4.69, 9.17) is 5.73 Å². The first-order valence-electron chi connectivity index (χ1n) is 20.1. The Kier molecular flexibility index (Phi) is 8.24. The molecule has 274 valence electrons. The van der Waals surface area contributed by atoms with Gasteiger partial charge in [0.1, 0.15) is 6.17 Å². The van der Waals surface area contributed by atoms with E-state index in [1.54, 1.807) is 0 Å². The molecule has 1 aliphatic rings. The van der Waals surface area contributed by atoms with Gasteiger partial charge in [-0.2, -0.15) is 0 Å². The summed E-state index contributed by atoms with van der Waals surface area (Å²) >= 11 is 0. The van der Waals surface area contributed by atoms with Gasteiger partial charge < -0.3 is 11.1 Å². The molecule has 3 N–H and O–H groups in total. The molecule has 0 aromatic heterocycles. The van der Waals surface area contributed by atoms with Crippen LogP contribution in [0.15, 0.2) is 206 Å². The second-order valence-electron chi connectivity index (χ2n) is 15.4.